The summed E-state index contributed by atoms with van der Waals surface area (Å²) in [7, 11) is 1.67. The molecule has 1 unspecified atom stereocenters. The molecule has 0 saturated carbocycles. The summed E-state index contributed by atoms with van der Waals surface area (Å²) < 4.78 is 11.1. The Labute approximate surface area is 209 Å². The molecule has 1 amide bonds. The number of rotatable bonds is 9. The number of carbonyl (C=O) groups is 1. The first-order chi connectivity index (χ1) is 17.1. The number of aliphatic imine (C=N–C) groups is 1. The normalized spacial score (nSPS) is 16.3. The Morgan fingerprint density at radius 1 is 1.29 bits per heavy atom. The molecule has 3 aromatic rings. The number of hydrogen-bond acceptors (Lipinski definition) is 8. The lowest BCUT2D eigenvalue weighted by Crippen LogP contribution is -2.39. The topological polar surface area (TPSA) is 88.9 Å². The zero-order valence-electron chi connectivity index (χ0n) is 20.5. The molecule has 1 aromatic carbocycles. The molecule has 0 fully saturated rings. The quantitative estimate of drug-likeness (QED) is 0.476. The lowest BCUT2D eigenvalue weighted by atomic mass is 9.87. The van der Waals surface area contributed by atoms with Crippen molar-refractivity contribution in [2.75, 3.05) is 38.7 Å². The van der Waals surface area contributed by atoms with Crippen molar-refractivity contribution >= 4 is 45.2 Å². The molecule has 9 heteroatoms. The van der Waals surface area contributed by atoms with Crippen molar-refractivity contribution in [2.24, 2.45) is 10.9 Å². The predicted octanol–water partition coefficient (Wildman–Crippen LogP) is 4.37. The largest absolute Gasteiger partial charge is 0.492 e. The van der Waals surface area contributed by atoms with Crippen molar-refractivity contribution in [2.45, 2.75) is 39.7 Å². The van der Waals surface area contributed by atoms with Gasteiger partial charge in [0.25, 0.3) is 0 Å². The van der Waals surface area contributed by atoms with Crippen LogP contribution in [0.4, 0.5) is 11.5 Å². The monoisotopic (exact) mass is 493 g/mol. The van der Waals surface area contributed by atoms with Gasteiger partial charge in [-0.3, -0.25) is 9.79 Å². The van der Waals surface area contributed by atoms with Crippen LogP contribution < -0.4 is 10.1 Å². The van der Waals surface area contributed by atoms with E-state index in [1.807, 2.05) is 25.0 Å². The highest BCUT2D eigenvalue weighted by Gasteiger charge is 2.31. The number of carbonyl (C=O) groups excluding carboxylic acids is 1. The van der Waals surface area contributed by atoms with Crippen molar-refractivity contribution in [1.82, 2.24) is 14.9 Å². The minimum absolute atomic E-state index is 0.00251. The first-order valence-corrected chi connectivity index (χ1v) is 13.0. The average Bonchev–Trinajstić information content (AvgIpc) is 3.48. The molecule has 8 nitrogen and oxygen atoms in total. The molecule has 1 aliphatic heterocycles. The van der Waals surface area contributed by atoms with Crippen LogP contribution in [-0.2, 0) is 28.9 Å². The SMILES string of the molecule is CCOc1cc2c(cc1Nc1ncnc3sc4c(c13)CCC(C(=O)N(CC)CCOC)C4)C=NC2. The molecule has 2 aromatic heterocycles. The van der Waals surface area contributed by atoms with Crippen LogP contribution in [0.1, 0.15) is 41.8 Å². The number of methoxy groups -OCH3 is 1. The Bertz CT molecular complexity index is 1270. The van der Waals surface area contributed by atoms with Crippen molar-refractivity contribution < 1.29 is 14.3 Å². The number of benzene rings is 1. The van der Waals surface area contributed by atoms with Crippen molar-refractivity contribution in [3.05, 3.63) is 40.0 Å². The van der Waals surface area contributed by atoms with Crippen LogP contribution in [0.15, 0.2) is 23.5 Å². The number of anilines is 2. The number of amides is 1. The predicted molar refractivity (Wildman–Crippen MR) is 139 cm³/mol. The zero-order valence-corrected chi connectivity index (χ0v) is 21.3. The summed E-state index contributed by atoms with van der Waals surface area (Å²) in [6.07, 6.45) is 5.92. The second-order valence-corrected chi connectivity index (χ2v) is 9.92. The number of fused-ring (bicyclic) bond motifs is 4. The molecule has 1 N–H and O–H groups in total. The molecule has 35 heavy (non-hydrogen) atoms. The highest BCUT2D eigenvalue weighted by atomic mass is 32.1. The van der Waals surface area contributed by atoms with E-state index in [1.54, 1.807) is 24.8 Å². The van der Waals surface area contributed by atoms with Crippen LogP contribution in [0.3, 0.4) is 0 Å². The van der Waals surface area contributed by atoms with Gasteiger partial charge in [-0.05, 0) is 61.9 Å². The highest BCUT2D eigenvalue weighted by Crippen LogP contribution is 2.42. The maximum absolute atomic E-state index is 13.2. The average molecular weight is 494 g/mol. The van der Waals surface area contributed by atoms with Crippen LogP contribution in [-0.4, -0.2) is 60.4 Å². The molecule has 3 heterocycles. The third kappa shape index (κ3) is 4.62. The van der Waals surface area contributed by atoms with Gasteiger partial charge < -0.3 is 19.7 Å². The third-order valence-corrected chi connectivity index (χ3v) is 7.90. The zero-order chi connectivity index (χ0) is 24.4. The van der Waals surface area contributed by atoms with Crippen LogP contribution in [0.5, 0.6) is 5.75 Å². The smallest absolute Gasteiger partial charge is 0.226 e. The van der Waals surface area contributed by atoms with E-state index in [9.17, 15) is 4.79 Å². The minimum atomic E-state index is -0.00251. The van der Waals surface area contributed by atoms with Gasteiger partial charge in [-0.15, -0.1) is 11.3 Å². The molecule has 1 aliphatic carbocycles. The number of aromatic nitrogens is 2. The van der Waals surface area contributed by atoms with E-state index in [0.717, 1.165) is 52.3 Å². The summed E-state index contributed by atoms with van der Waals surface area (Å²) in [6.45, 7) is 7.17. The van der Waals surface area contributed by atoms with Crippen LogP contribution in [0.2, 0.25) is 0 Å². The summed E-state index contributed by atoms with van der Waals surface area (Å²) in [5.41, 5.74) is 4.41. The van der Waals surface area contributed by atoms with Gasteiger partial charge in [-0.25, -0.2) is 9.97 Å². The van der Waals surface area contributed by atoms with Gasteiger partial charge in [0.1, 0.15) is 22.7 Å². The van der Waals surface area contributed by atoms with Crippen molar-refractivity contribution in [1.29, 1.82) is 0 Å². The van der Waals surface area contributed by atoms with E-state index in [4.69, 9.17) is 9.47 Å². The first-order valence-electron chi connectivity index (χ1n) is 12.2. The van der Waals surface area contributed by atoms with E-state index in [2.05, 4.69) is 32.4 Å². The number of likely N-dealkylation sites (N-methyl/N-ethyl adjacent to an activating group) is 1. The second kappa shape index (κ2) is 10.3. The number of ether oxygens (including phenoxy) is 2. The maximum Gasteiger partial charge on any atom is 0.226 e. The lowest BCUT2D eigenvalue weighted by Gasteiger charge is -2.28. The Hall–Kier alpha value is -3.04. The minimum Gasteiger partial charge on any atom is -0.492 e. The molecule has 5 rings (SSSR count). The van der Waals surface area contributed by atoms with Gasteiger partial charge in [0.2, 0.25) is 5.91 Å². The fourth-order valence-electron chi connectivity index (χ4n) is 4.94. The summed E-state index contributed by atoms with van der Waals surface area (Å²) >= 11 is 1.68. The lowest BCUT2D eigenvalue weighted by molar-refractivity contribution is -0.136. The Kier molecular flexibility index (Phi) is 6.97. The maximum atomic E-state index is 13.2. The van der Waals surface area contributed by atoms with Gasteiger partial charge in [0.15, 0.2) is 0 Å². The van der Waals surface area contributed by atoms with Gasteiger partial charge in [0, 0.05) is 37.2 Å². The third-order valence-electron chi connectivity index (χ3n) is 6.74. The van der Waals surface area contributed by atoms with Gasteiger partial charge in [0.05, 0.1) is 30.8 Å². The Morgan fingerprint density at radius 3 is 2.97 bits per heavy atom. The standard InChI is InChI=1S/C26H31N5O3S/c1-4-31(8-9-33-3)26(32)16-6-7-19-22(12-16)35-25-23(19)24(28-15-29-25)30-20-10-17-13-27-14-18(17)11-21(20)34-5-2/h10-11,13,15-16H,4-9,12,14H2,1-3H3,(H,28,29,30). The molecule has 0 spiro atoms. The number of nitrogens with zero attached hydrogens (tertiary/aromatic N) is 4. The number of aryl methyl sites for hydroxylation is 1. The fourth-order valence-corrected chi connectivity index (χ4v) is 6.20. The van der Waals surface area contributed by atoms with Crippen molar-refractivity contribution in [3.63, 3.8) is 0 Å². The Balaban J connectivity index is 1.44. The summed E-state index contributed by atoms with van der Waals surface area (Å²) in [6, 6.07) is 4.15. The molecule has 0 radical (unpaired) electrons. The second-order valence-electron chi connectivity index (χ2n) is 8.83. The summed E-state index contributed by atoms with van der Waals surface area (Å²) in [5, 5.41) is 4.59. The first kappa shape index (κ1) is 23.7. The van der Waals surface area contributed by atoms with E-state index >= 15 is 0 Å². The van der Waals surface area contributed by atoms with Crippen LogP contribution in [0.25, 0.3) is 10.2 Å². The van der Waals surface area contributed by atoms with Crippen LogP contribution >= 0.6 is 11.3 Å². The highest BCUT2D eigenvalue weighted by molar-refractivity contribution is 7.19. The number of hydrogen-bond donors (Lipinski definition) is 1. The molecule has 0 saturated heterocycles. The van der Waals surface area contributed by atoms with Crippen LogP contribution in [0, 0.1) is 5.92 Å². The molecule has 1 atom stereocenters. The number of nitrogens with one attached hydrogen (secondary N) is 1. The van der Waals surface area contributed by atoms with E-state index < -0.39 is 0 Å². The van der Waals surface area contributed by atoms with E-state index in [-0.39, 0.29) is 11.8 Å². The summed E-state index contributed by atoms with van der Waals surface area (Å²) in [4.78, 5) is 30.8. The molecular formula is C26H31N5O3S. The van der Waals surface area contributed by atoms with Gasteiger partial charge in [-0.1, -0.05) is 0 Å². The molecular weight excluding hydrogens is 462 g/mol. The van der Waals surface area contributed by atoms with Gasteiger partial charge >= 0.3 is 0 Å². The molecule has 2 aliphatic rings. The molecule has 184 valence electrons. The molecule has 0 bridgehead atoms. The summed E-state index contributed by atoms with van der Waals surface area (Å²) in [5.74, 6) is 1.80. The van der Waals surface area contributed by atoms with E-state index in [0.29, 0.717) is 32.8 Å². The van der Waals surface area contributed by atoms with Crippen molar-refractivity contribution in [3.8, 4) is 5.75 Å². The van der Waals surface area contributed by atoms with E-state index in [1.165, 1.54) is 16.0 Å². The Morgan fingerprint density at radius 2 is 2.17 bits per heavy atom. The number of thiophene rings is 1. The van der Waals surface area contributed by atoms with Gasteiger partial charge in [-0.2, -0.15) is 0 Å². The fraction of sp³-hybridized carbons (Fsp3) is 0.462.